The molecule has 0 radical (unpaired) electrons. The van der Waals surface area contributed by atoms with Crippen molar-refractivity contribution in [3.63, 3.8) is 0 Å². The van der Waals surface area contributed by atoms with Gasteiger partial charge in [-0.1, -0.05) is 29.0 Å². The van der Waals surface area contributed by atoms with Gasteiger partial charge in [0.25, 0.3) is 0 Å². The smallest absolute Gasteiger partial charge is 0.200 e. The maximum Gasteiger partial charge on any atom is 0.200 e. The van der Waals surface area contributed by atoms with Crippen molar-refractivity contribution in [3.8, 4) is 0 Å². The van der Waals surface area contributed by atoms with Crippen LogP contribution in [0.15, 0.2) is 39.2 Å². The van der Waals surface area contributed by atoms with E-state index in [4.69, 9.17) is 5.53 Å². The van der Waals surface area contributed by atoms with Crippen LogP contribution < -0.4 is 0 Å². The first-order valence-corrected chi connectivity index (χ1v) is 6.11. The summed E-state index contributed by atoms with van der Waals surface area (Å²) in [4.78, 5) is 1.76. The molecule has 0 N–H and O–H groups in total. The summed E-state index contributed by atoms with van der Waals surface area (Å²) in [7, 11) is 0. The van der Waals surface area contributed by atoms with Crippen LogP contribution in [0.5, 0.6) is 0 Å². The van der Waals surface area contributed by atoms with E-state index in [1.54, 1.807) is 0 Å². The molecule has 108 valence electrons. The van der Waals surface area contributed by atoms with E-state index < -0.39 is 34.0 Å². The number of azide groups is 1. The quantitative estimate of drug-likeness (QED) is 0.185. The lowest BCUT2D eigenvalue weighted by molar-refractivity contribution is 0.361. The average molecular weight is 317 g/mol. The zero-order valence-electron chi connectivity index (χ0n) is 9.95. The summed E-state index contributed by atoms with van der Waals surface area (Å²) >= 11 is 0.373. The van der Waals surface area contributed by atoms with Crippen molar-refractivity contribution in [1.29, 1.82) is 0 Å². The molecule has 0 aliphatic rings. The number of hydrogen-bond donors (Lipinski definition) is 0. The van der Waals surface area contributed by atoms with Crippen molar-refractivity contribution in [2.75, 3.05) is 0 Å². The first-order valence-electron chi connectivity index (χ1n) is 5.30. The molecule has 0 amide bonds. The molecule has 21 heavy (non-hydrogen) atoms. The van der Waals surface area contributed by atoms with Crippen LogP contribution in [0.3, 0.4) is 0 Å². The SMILES string of the molecule is [N-]=[N+]=Nc1ccc(Sc2c(F)c(F)c(F)c(F)c2F)cc1. The minimum Gasteiger partial charge on any atom is -0.202 e. The first-order chi connectivity index (χ1) is 9.95. The fraction of sp³-hybridized carbons (Fsp3) is 0. The van der Waals surface area contributed by atoms with Crippen LogP contribution >= 0.6 is 11.8 Å². The second-order valence-corrected chi connectivity index (χ2v) is 4.77. The third kappa shape index (κ3) is 2.93. The maximum absolute atomic E-state index is 13.5. The highest BCUT2D eigenvalue weighted by Crippen LogP contribution is 2.36. The maximum atomic E-state index is 13.5. The molecule has 2 rings (SSSR count). The molecule has 2 aromatic rings. The van der Waals surface area contributed by atoms with Gasteiger partial charge in [0.05, 0.1) is 4.90 Å². The van der Waals surface area contributed by atoms with E-state index in [-0.39, 0.29) is 10.6 Å². The van der Waals surface area contributed by atoms with Gasteiger partial charge in [-0.05, 0) is 17.7 Å². The Morgan fingerprint density at radius 3 is 1.76 bits per heavy atom. The molecule has 0 atom stereocenters. The highest BCUT2D eigenvalue weighted by Gasteiger charge is 2.26. The van der Waals surface area contributed by atoms with Gasteiger partial charge in [-0.15, -0.1) is 0 Å². The standard InChI is InChI=1S/C12H4F5N3S/c13-7-8(14)10(16)12(11(17)9(7)15)21-6-3-1-5(2-4-6)19-20-18/h1-4H. The van der Waals surface area contributed by atoms with Gasteiger partial charge in [-0.25, -0.2) is 22.0 Å². The molecule has 0 aromatic heterocycles. The van der Waals surface area contributed by atoms with Gasteiger partial charge in [0.15, 0.2) is 23.3 Å². The van der Waals surface area contributed by atoms with Gasteiger partial charge >= 0.3 is 0 Å². The number of rotatable bonds is 3. The van der Waals surface area contributed by atoms with Crippen molar-refractivity contribution < 1.29 is 22.0 Å². The molecule has 0 heterocycles. The Balaban J connectivity index is 2.42. The Bertz CT molecular complexity index is 713. The van der Waals surface area contributed by atoms with Crippen molar-refractivity contribution in [2.24, 2.45) is 5.11 Å². The van der Waals surface area contributed by atoms with Gasteiger partial charge in [0.1, 0.15) is 0 Å². The van der Waals surface area contributed by atoms with E-state index in [2.05, 4.69) is 10.0 Å². The van der Waals surface area contributed by atoms with Crippen LogP contribution in [0.2, 0.25) is 0 Å². The lowest BCUT2D eigenvalue weighted by atomic mass is 10.3. The third-order valence-corrected chi connectivity index (χ3v) is 3.46. The second-order valence-electron chi connectivity index (χ2n) is 3.68. The highest BCUT2D eigenvalue weighted by atomic mass is 32.2. The molecule has 0 unspecified atom stereocenters. The fourth-order valence-electron chi connectivity index (χ4n) is 1.42. The van der Waals surface area contributed by atoms with Crippen LogP contribution in [0.1, 0.15) is 0 Å². The van der Waals surface area contributed by atoms with Crippen molar-refractivity contribution in [1.82, 2.24) is 0 Å². The zero-order chi connectivity index (χ0) is 15.6. The van der Waals surface area contributed by atoms with Crippen molar-refractivity contribution in [3.05, 3.63) is 63.8 Å². The van der Waals surface area contributed by atoms with Crippen LogP contribution in [0.25, 0.3) is 10.4 Å². The van der Waals surface area contributed by atoms with E-state index in [1.165, 1.54) is 24.3 Å². The van der Waals surface area contributed by atoms with Gasteiger partial charge < -0.3 is 0 Å². The summed E-state index contributed by atoms with van der Waals surface area (Å²) in [6.07, 6.45) is 0. The van der Waals surface area contributed by atoms with Gasteiger partial charge in [0.2, 0.25) is 5.82 Å². The Morgan fingerprint density at radius 2 is 1.29 bits per heavy atom. The van der Waals surface area contributed by atoms with Crippen molar-refractivity contribution >= 4 is 17.4 Å². The average Bonchev–Trinajstić information content (AvgIpc) is 2.49. The first kappa shape index (κ1) is 15.1. The second kappa shape index (κ2) is 6.02. The molecule has 0 aliphatic carbocycles. The largest absolute Gasteiger partial charge is 0.202 e. The Labute approximate surface area is 119 Å². The number of halogens is 5. The summed E-state index contributed by atoms with van der Waals surface area (Å²) in [6.45, 7) is 0. The summed E-state index contributed by atoms with van der Waals surface area (Å²) < 4.78 is 65.9. The Morgan fingerprint density at radius 1 is 0.810 bits per heavy atom. The zero-order valence-corrected chi connectivity index (χ0v) is 10.8. The van der Waals surface area contributed by atoms with E-state index in [9.17, 15) is 22.0 Å². The predicted molar refractivity (Wildman–Crippen MR) is 65.6 cm³/mol. The Kier molecular flexibility index (Phi) is 4.35. The minimum absolute atomic E-state index is 0.218. The molecular formula is C12H4F5N3S. The number of nitrogens with zero attached hydrogens (tertiary/aromatic N) is 3. The van der Waals surface area contributed by atoms with Gasteiger partial charge in [0, 0.05) is 15.5 Å². The van der Waals surface area contributed by atoms with Gasteiger partial charge in [-0.3, -0.25) is 0 Å². The normalized spacial score (nSPS) is 10.3. The number of benzene rings is 2. The minimum atomic E-state index is -2.20. The van der Waals surface area contributed by atoms with Crippen LogP contribution in [0.4, 0.5) is 27.6 Å². The van der Waals surface area contributed by atoms with E-state index in [0.29, 0.717) is 11.8 Å². The lowest BCUT2D eigenvalue weighted by Crippen LogP contribution is -2.03. The molecule has 0 saturated carbocycles. The molecule has 9 heteroatoms. The molecule has 2 aromatic carbocycles. The van der Waals surface area contributed by atoms with Gasteiger partial charge in [-0.2, -0.15) is 0 Å². The molecule has 0 bridgehead atoms. The number of hydrogen-bond acceptors (Lipinski definition) is 2. The molecule has 0 fully saturated rings. The molecule has 0 spiro atoms. The lowest BCUT2D eigenvalue weighted by Gasteiger charge is -2.07. The van der Waals surface area contributed by atoms with E-state index in [0.717, 1.165) is 0 Å². The molecule has 3 nitrogen and oxygen atoms in total. The Hall–Kier alpha value is -2.25. The van der Waals surface area contributed by atoms with Crippen LogP contribution in [-0.4, -0.2) is 0 Å². The van der Waals surface area contributed by atoms with E-state index in [1.807, 2.05) is 0 Å². The van der Waals surface area contributed by atoms with Crippen LogP contribution in [0, 0.1) is 29.1 Å². The monoisotopic (exact) mass is 317 g/mol. The summed E-state index contributed by atoms with van der Waals surface area (Å²) in [5, 5.41) is 3.28. The fourth-order valence-corrected chi connectivity index (χ4v) is 2.29. The molecular weight excluding hydrogens is 313 g/mol. The van der Waals surface area contributed by atoms with E-state index >= 15 is 0 Å². The highest BCUT2D eigenvalue weighted by molar-refractivity contribution is 7.99. The molecule has 0 saturated heterocycles. The summed E-state index contributed by atoms with van der Waals surface area (Å²) in [5.74, 6) is -9.98. The molecule has 0 aliphatic heterocycles. The van der Waals surface area contributed by atoms with Crippen LogP contribution in [-0.2, 0) is 0 Å². The van der Waals surface area contributed by atoms with Crippen molar-refractivity contribution in [2.45, 2.75) is 9.79 Å². The summed E-state index contributed by atoms with van der Waals surface area (Å²) in [5.41, 5.74) is 8.47. The summed E-state index contributed by atoms with van der Waals surface area (Å²) in [6, 6.07) is 5.33. The third-order valence-electron chi connectivity index (χ3n) is 2.39. The topological polar surface area (TPSA) is 48.8 Å². The predicted octanol–water partition coefficient (Wildman–Crippen LogP) is 5.48.